The van der Waals surface area contributed by atoms with Gasteiger partial charge in [-0.2, -0.15) is 0 Å². The van der Waals surface area contributed by atoms with Crippen molar-refractivity contribution >= 4 is 17.7 Å². The van der Waals surface area contributed by atoms with Crippen LogP contribution in [0.1, 0.15) is 27.0 Å². The van der Waals surface area contributed by atoms with Crippen molar-refractivity contribution < 1.29 is 9.53 Å². The Bertz CT molecular complexity index is 757. The highest BCUT2D eigenvalue weighted by atomic mass is 32.2. The smallest absolute Gasteiger partial charge is 0.251 e. The number of ether oxygens (including phenoxy) is 1. The minimum Gasteiger partial charge on any atom is -0.379 e. The zero-order chi connectivity index (χ0) is 18.4. The molecule has 0 bridgehead atoms. The molecule has 1 aliphatic heterocycles. The molecular formula is C21H26N2O2S. The van der Waals surface area contributed by atoms with E-state index in [0.717, 1.165) is 54.4 Å². The van der Waals surface area contributed by atoms with Crippen molar-refractivity contribution in [3.63, 3.8) is 0 Å². The van der Waals surface area contributed by atoms with Gasteiger partial charge in [0, 0.05) is 36.6 Å². The monoisotopic (exact) mass is 370 g/mol. The number of nitrogens with zero attached hydrogens (tertiary/aromatic N) is 1. The summed E-state index contributed by atoms with van der Waals surface area (Å²) in [6.07, 6.45) is 2.02. The third-order valence-electron chi connectivity index (χ3n) is 4.64. The average molecular weight is 371 g/mol. The van der Waals surface area contributed by atoms with Gasteiger partial charge in [-0.1, -0.05) is 30.3 Å². The largest absolute Gasteiger partial charge is 0.379 e. The first-order chi connectivity index (χ1) is 12.7. The molecule has 1 fully saturated rings. The van der Waals surface area contributed by atoms with Crippen molar-refractivity contribution in [2.24, 2.45) is 0 Å². The predicted molar refractivity (Wildman–Crippen MR) is 107 cm³/mol. The van der Waals surface area contributed by atoms with Gasteiger partial charge < -0.3 is 10.1 Å². The fourth-order valence-electron chi connectivity index (χ4n) is 3.11. The Morgan fingerprint density at radius 2 is 1.92 bits per heavy atom. The fourth-order valence-corrected chi connectivity index (χ4v) is 3.55. The van der Waals surface area contributed by atoms with E-state index >= 15 is 0 Å². The molecule has 26 heavy (non-hydrogen) atoms. The van der Waals surface area contributed by atoms with Crippen LogP contribution in [0.2, 0.25) is 0 Å². The number of nitrogens with one attached hydrogen (secondary N) is 1. The Balaban J connectivity index is 1.60. The lowest BCUT2D eigenvalue weighted by molar-refractivity contribution is 0.0342. The van der Waals surface area contributed by atoms with Crippen molar-refractivity contribution in [2.75, 3.05) is 32.6 Å². The molecule has 138 valence electrons. The molecule has 5 heteroatoms. The summed E-state index contributed by atoms with van der Waals surface area (Å²) in [6, 6.07) is 14.5. The summed E-state index contributed by atoms with van der Waals surface area (Å²) < 4.78 is 5.40. The Morgan fingerprint density at radius 3 is 2.69 bits per heavy atom. The van der Waals surface area contributed by atoms with Gasteiger partial charge in [-0.05, 0) is 42.0 Å². The van der Waals surface area contributed by atoms with Crippen LogP contribution in [0, 0.1) is 6.92 Å². The number of thioether (sulfide) groups is 1. The van der Waals surface area contributed by atoms with Gasteiger partial charge >= 0.3 is 0 Å². The van der Waals surface area contributed by atoms with Gasteiger partial charge in [-0.15, -0.1) is 11.8 Å². The number of amides is 1. The SMILES string of the molecule is CSc1ccc(C)c(C(=O)NCc2cccc(CN3CCOCC3)c2)c1. The maximum atomic E-state index is 12.6. The number of aryl methyl sites for hydroxylation is 1. The highest BCUT2D eigenvalue weighted by Gasteiger charge is 2.12. The van der Waals surface area contributed by atoms with Crippen molar-refractivity contribution in [2.45, 2.75) is 24.9 Å². The maximum absolute atomic E-state index is 12.6. The molecule has 0 radical (unpaired) electrons. The van der Waals surface area contributed by atoms with Gasteiger partial charge in [-0.25, -0.2) is 0 Å². The van der Waals surface area contributed by atoms with E-state index in [-0.39, 0.29) is 5.91 Å². The van der Waals surface area contributed by atoms with Crippen LogP contribution in [0.5, 0.6) is 0 Å². The lowest BCUT2D eigenvalue weighted by Gasteiger charge is -2.26. The Labute approximate surface area is 159 Å². The van der Waals surface area contributed by atoms with E-state index in [1.165, 1.54) is 5.56 Å². The van der Waals surface area contributed by atoms with Gasteiger partial charge in [0.05, 0.1) is 13.2 Å². The molecule has 0 aromatic heterocycles. The zero-order valence-electron chi connectivity index (χ0n) is 15.5. The van der Waals surface area contributed by atoms with Crippen molar-refractivity contribution in [1.29, 1.82) is 0 Å². The molecule has 1 N–H and O–H groups in total. The van der Waals surface area contributed by atoms with Gasteiger partial charge in [0.25, 0.3) is 5.91 Å². The van der Waals surface area contributed by atoms with Gasteiger partial charge in [0.2, 0.25) is 0 Å². The molecule has 0 spiro atoms. The number of carbonyl (C=O) groups is 1. The lowest BCUT2D eigenvalue weighted by Crippen LogP contribution is -2.35. The van der Waals surface area contributed by atoms with Crippen LogP contribution >= 0.6 is 11.8 Å². The van der Waals surface area contributed by atoms with Crippen LogP contribution in [0.15, 0.2) is 47.4 Å². The predicted octanol–water partition coefficient (Wildman–Crippen LogP) is 3.48. The molecule has 0 unspecified atom stereocenters. The topological polar surface area (TPSA) is 41.6 Å². The highest BCUT2D eigenvalue weighted by molar-refractivity contribution is 7.98. The van der Waals surface area contributed by atoms with Crippen molar-refractivity contribution in [3.8, 4) is 0 Å². The summed E-state index contributed by atoms with van der Waals surface area (Å²) in [6.45, 7) is 7.02. The number of hydrogen-bond donors (Lipinski definition) is 1. The first-order valence-electron chi connectivity index (χ1n) is 8.96. The van der Waals surface area contributed by atoms with Crippen LogP contribution in [-0.4, -0.2) is 43.4 Å². The molecule has 1 aliphatic rings. The number of benzene rings is 2. The normalized spacial score (nSPS) is 15.0. The third-order valence-corrected chi connectivity index (χ3v) is 5.37. The quantitative estimate of drug-likeness (QED) is 0.791. The van der Waals surface area contributed by atoms with Crippen molar-refractivity contribution in [1.82, 2.24) is 10.2 Å². The number of hydrogen-bond acceptors (Lipinski definition) is 4. The second kappa shape index (κ2) is 9.21. The van der Waals surface area contributed by atoms with Crippen LogP contribution in [-0.2, 0) is 17.8 Å². The summed E-state index contributed by atoms with van der Waals surface area (Å²) >= 11 is 1.65. The first-order valence-corrected chi connectivity index (χ1v) is 10.2. The van der Waals surface area contributed by atoms with Gasteiger partial charge in [0.1, 0.15) is 0 Å². The van der Waals surface area contributed by atoms with Gasteiger partial charge in [-0.3, -0.25) is 9.69 Å². The van der Waals surface area contributed by atoms with Crippen molar-refractivity contribution in [3.05, 3.63) is 64.7 Å². The van der Waals surface area contributed by atoms with E-state index in [4.69, 9.17) is 4.74 Å². The standard InChI is InChI=1S/C21H26N2O2S/c1-16-6-7-19(26-2)13-20(16)21(24)22-14-17-4-3-5-18(12-17)15-23-8-10-25-11-9-23/h3-7,12-13H,8-11,14-15H2,1-2H3,(H,22,24). The van der Waals surface area contributed by atoms with E-state index in [1.807, 2.05) is 31.4 Å². The van der Waals surface area contributed by atoms with Crippen LogP contribution in [0.4, 0.5) is 0 Å². The second-order valence-corrected chi connectivity index (χ2v) is 7.45. The molecule has 1 amide bonds. The summed E-state index contributed by atoms with van der Waals surface area (Å²) in [7, 11) is 0. The molecule has 4 nitrogen and oxygen atoms in total. The minimum atomic E-state index is -0.0167. The van der Waals surface area contributed by atoms with Gasteiger partial charge in [0.15, 0.2) is 0 Å². The Kier molecular flexibility index (Phi) is 6.72. The fraction of sp³-hybridized carbons (Fsp3) is 0.381. The van der Waals surface area contributed by atoms with Crippen LogP contribution in [0.25, 0.3) is 0 Å². The average Bonchev–Trinajstić information content (AvgIpc) is 2.67. The molecule has 3 rings (SSSR count). The number of rotatable bonds is 6. The van der Waals surface area contributed by atoms with E-state index in [1.54, 1.807) is 11.8 Å². The molecule has 0 aliphatic carbocycles. The molecule has 2 aromatic rings. The highest BCUT2D eigenvalue weighted by Crippen LogP contribution is 2.19. The summed E-state index contributed by atoms with van der Waals surface area (Å²) in [5, 5.41) is 3.06. The summed E-state index contributed by atoms with van der Waals surface area (Å²) in [5.74, 6) is -0.0167. The lowest BCUT2D eigenvalue weighted by atomic mass is 10.1. The molecule has 1 saturated heterocycles. The third kappa shape index (κ3) is 5.10. The molecular weight excluding hydrogens is 344 g/mol. The molecule has 0 saturated carbocycles. The Morgan fingerprint density at radius 1 is 1.15 bits per heavy atom. The zero-order valence-corrected chi connectivity index (χ0v) is 16.3. The van der Waals surface area contributed by atoms with E-state index in [2.05, 4.69) is 34.5 Å². The summed E-state index contributed by atoms with van der Waals surface area (Å²) in [5.41, 5.74) is 4.16. The number of morpholine rings is 1. The van der Waals surface area contributed by atoms with Crippen LogP contribution < -0.4 is 5.32 Å². The molecule has 1 heterocycles. The first kappa shape index (κ1) is 19.0. The summed E-state index contributed by atoms with van der Waals surface area (Å²) in [4.78, 5) is 16.1. The second-order valence-electron chi connectivity index (χ2n) is 6.57. The minimum absolute atomic E-state index is 0.0167. The van der Waals surface area contributed by atoms with E-state index < -0.39 is 0 Å². The number of carbonyl (C=O) groups excluding carboxylic acids is 1. The van der Waals surface area contributed by atoms with Crippen LogP contribution in [0.3, 0.4) is 0 Å². The molecule has 2 aromatic carbocycles. The van der Waals surface area contributed by atoms with E-state index in [9.17, 15) is 4.79 Å². The van der Waals surface area contributed by atoms with E-state index in [0.29, 0.717) is 6.54 Å². The molecule has 0 atom stereocenters. The maximum Gasteiger partial charge on any atom is 0.251 e. The Hall–Kier alpha value is -1.82.